The molecule has 0 amide bonds. The quantitative estimate of drug-likeness (QED) is 0.730. The molecule has 0 aliphatic heterocycles. The van der Waals surface area contributed by atoms with E-state index < -0.39 is 0 Å². The minimum absolute atomic E-state index is 0.114. The summed E-state index contributed by atoms with van der Waals surface area (Å²) in [6.45, 7) is 2.86. The zero-order chi connectivity index (χ0) is 9.68. The molecule has 0 aromatic heterocycles. The fourth-order valence-electron chi connectivity index (χ4n) is 1.45. The van der Waals surface area contributed by atoms with E-state index in [2.05, 4.69) is 25.1 Å². The van der Waals surface area contributed by atoms with Crippen molar-refractivity contribution in [3.05, 3.63) is 34.9 Å². The van der Waals surface area contributed by atoms with Crippen molar-refractivity contribution in [1.82, 2.24) is 0 Å². The summed E-state index contributed by atoms with van der Waals surface area (Å²) in [5.74, 6) is 0. The van der Waals surface area contributed by atoms with Crippen molar-refractivity contribution in [2.45, 2.75) is 26.4 Å². The van der Waals surface area contributed by atoms with Gasteiger partial charge in [0.2, 0.25) is 0 Å². The van der Waals surface area contributed by atoms with Gasteiger partial charge in [0.15, 0.2) is 0 Å². The van der Waals surface area contributed by atoms with Crippen molar-refractivity contribution in [3.8, 4) is 0 Å². The molecule has 0 fully saturated rings. The van der Waals surface area contributed by atoms with E-state index in [4.69, 9.17) is 10.8 Å². The Balaban J connectivity index is 2.93. The highest BCUT2D eigenvalue weighted by atomic mass is 16.3. The highest BCUT2D eigenvalue weighted by Gasteiger charge is 2.01. The van der Waals surface area contributed by atoms with Crippen molar-refractivity contribution in [1.29, 1.82) is 0 Å². The van der Waals surface area contributed by atoms with E-state index >= 15 is 0 Å². The van der Waals surface area contributed by atoms with Gasteiger partial charge in [-0.05, 0) is 36.1 Å². The summed E-state index contributed by atoms with van der Waals surface area (Å²) in [5, 5.41) is 9.12. The standard InChI is InChI=1S/C11H17NO/c1-2-9-3-4-10(5-6-12)11(7-9)8-13/h3-4,7,13H,2,5-6,8,12H2,1H3. The lowest BCUT2D eigenvalue weighted by atomic mass is 10.0. The topological polar surface area (TPSA) is 46.2 Å². The number of nitrogens with two attached hydrogens (primary N) is 1. The summed E-state index contributed by atoms with van der Waals surface area (Å²) in [4.78, 5) is 0. The number of hydrogen-bond donors (Lipinski definition) is 2. The van der Waals surface area contributed by atoms with Crippen LogP contribution in [-0.4, -0.2) is 11.7 Å². The summed E-state index contributed by atoms with van der Waals surface area (Å²) < 4.78 is 0. The molecule has 0 spiro atoms. The molecular formula is C11H17NO. The van der Waals surface area contributed by atoms with Crippen LogP contribution in [0.3, 0.4) is 0 Å². The molecule has 1 rings (SSSR count). The lowest BCUT2D eigenvalue weighted by Gasteiger charge is -2.07. The van der Waals surface area contributed by atoms with Crippen LogP contribution in [-0.2, 0) is 19.4 Å². The average Bonchev–Trinajstić information content (AvgIpc) is 2.19. The zero-order valence-corrected chi connectivity index (χ0v) is 8.09. The van der Waals surface area contributed by atoms with Gasteiger partial charge in [0.25, 0.3) is 0 Å². The number of aryl methyl sites for hydroxylation is 1. The maximum Gasteiger partial charge on any atom is 0.0684 e. The lowest BCUT2D eigenvalue weighted by Crippen LogP contribution is -2.05. The number of rotatable bonds is 4. The number of aliphatic hydroxyl groups is 1. The van der Waals surface area contributed by atoms with E-state index in [-0.39, 0.29) is 6.61 Å². The fourth-order valence-corrected chi connectivity index (χ4v) is 1.45. The van der Waals surface area contributed by atoms with E-state index in [1.165, 1.54) is 11.1 Å². The van der Waals surface area contributed by atoms with Gasteiger partial charge in [0.05, 0.1) is 6.61 Å². The van der Waals surface area contributed by atoms with Crippen LogP contribution < -0.4 is 5.73 Å². The number of aliphatic hydroxyl groups excluding tert-OH is 1. The third-order valence-corrected chi connectivity index (χ3v) is 2.26. The zero-order valence-electron chi connectivity index (χ0n) is 8.09. The highest BCUT2D eigenvalue weighted by Crippen LogP contribution is 2.13. The fraction of sp³-hybridized carbons (Fsp3) is 0.455. The van der Waals surface area contributed by atoms with Crippen molar-refractivity contribution in [2.75, 3.05) is 6.54 Å². The van der Waals surface area contributed by atoms with Crippen molar-refractivity contribution >= 4 is 0 Å². The first-order valence-electron chi connectivity index (χ1n) is 4.73. The SMILES string of the molecule is CCc1ccc(CCN)c(CO)c1. The van der Waals surface area contributed by atoms with Crippen molar-refractivity contribution in [2.24, 2.45) is 5.73 Å². The van der Waals surface area contributed by atoms with Crippen molar-refractivity contribution < 1.29 is 5.11 Å². The molecule has 0 heterocycles. The minimum atomic E-state index is 0.114. The summed E-state index contributed by atoms with van der Waals surface area (Å²) in [6, 6.07) is 6.23. The molecule has 72 valence electrons. The first kappa shape index (κ1) is 10.2. The first-order chi connectivity index (χ1) is 6.31. The second kappa shape index (κ2) is 5.00. The van der Waals surface area contributed by atoms with Gasteiger partial charge in [-0.25, -0.2) is 0 Å². The predicted molar refractivity (Wildman–Crippen MR) is 54.5 cm³/mol. The smallest absolute Gasteiger partial charge is 0.0684 e. The molecule has 2 nitrogen and oxygen atoms in total. The molecular weight excluding hydrogens is 162 g/mol. The third kappa shape index (κ3) is 2.54. The van der Waals surface area contributed by atoms with Crippen molar-refractivity contribution in [3.63, 3.8) is 0 Å². The number of hydrogen-bond acceptors (Lipinski definition) is 2. The molecule has 0 saturated carbocycles. The number of benzene rings is 1. The molecule has 0 aliphatic carbocycles. The summed E-state index contributed by atoms with van der Waals surface area (Å²) in [5.41, 5.74) is 8.93. The van der Waals surface area contributed by atoms with Gasteiger partial charge < -0.3 is 10.8 Å². The normalized spacial score (nSPS) is 10.4. The van der Waals surface area contributed by atoms with Crippen LogP contribution in [0.4, 0.5) is 0 Å². The molecule has 0 aliphatic rings. The van der Waals surface area contributed by atoms with Crippen LogP contribution in [0.5, 0.6) is 0 Å². The Hall–Kier alpha value is -0.860. The molecule has 0 saturated heterocycles. The predicted octanol–water partition coefficient (Wildman–Crippen LogP) is 1.24. The highest BCUT2D eigenvalue weighted by molar-refractivity contribution is 5.31. The summed E-state index contributed by atoms with van der Waals surface area (Å²) in [7, 11) is 0. The minimum Gasteiger partial charge on any atom is -0.392 e. The van der Waals surface area contributed by atoms with Crippen LogP contribution in [0.1, 0.15) is 23.6 Å². The molecule has 0 atom stereocenters. The van der Waals surface area contributed by atoms with Gasteiger partial charge >= 0.3 is 0 Å². The average molecular weight is 179 g/mol. The molecule has 1 aromatic rings. The molecule has 0 bridgehead atoms. The second-order valence-corrected chi connectivity index (χ2v) is 3.15. The van der Waals surface area contributed by atoms with Gasteiger partial charge in [-0.3, -0.25) is 0 Å². The molecule has 2 heteroatoms. The Bertz CT molecular complexity index is 271. The van der Waals surface area contributed by atoms with Crippen LogP contribution in [0.25, 0.3) is 0 Å². The Morgan fingerprint density at radius 3 is 2.62 bits per heavy atom. The van der Waals surface area contributed by atoms with E-state index in [1.807, 2.05) is 0 Å². The van der Waals surface area contributed by atoms with Crippen LogP contribution in [0.2, 0.25) is 0 Å². The maximum absolute atomic E-state index is 9.12. The molecule has 1 aromatic carbocycles. The molecule has 0 radical (unpaired) electrons. The van der Waals surface area contributed by atoms with E-state index in [1.54, 1.807) is 0 Å². The Kier molecular flexibility index (Phi) is 3.93. The van der Waals surface area contributed by atoms with Crippen LogP contribution >= 0.6 is 0 Å². The first-order valence-corrected chi connectivity index (χ1v) is 4.73. The summed E-state index contributed by atoms with van der Waals surface area (Å²) in [6.07, 6.45) is 1.86. The van der Waals surface area contributed by atoms with Gasteiger partial charge in [-0.1, -0.05) is 25.1 Å². The largest absolute Gasteiger partial charge is 0.392 e. The van der Waals surface area contributed by atoms with Gasteiger partial charge in [0, 0.05) is 0 Å². The molecule has 13 heavy (non-hydrogen) atoms. The molecule has 0 unspecified atom stereocenters. The van der Waals surface area contributed by atoms with Gasteiger partial charge in [-0.2, -0.15) is 0 Å². The monoisotopic (exact) mass is 179 g/mol. The Labute approximate surface area is 79.4 Å². The Morgan fingerprint density at radius 1 is 1.31 bits per heavy atom. The van der Waals surface area contributed by atoms with Gasteiger partial charge in [-0.15, -0.1) is 0 Å². The van der Waals surface area contributed by atoms with Crippen LogP contribution in [0.15, 0.2) is 18.2 Å². The summed E-state index contributed by atoms with van der Waals surface area (Å²) >= 11 is 0. The Morgan fingerprint density at radius 2 is 2.08 bits per heavy atom. The third-order valence-electron chi connectivity index (χ3n) is 2.26. The van der Waals surface area contributed by atoms with Gasteiger partial charge in [0.1, 0.15) is 0 Å². The lowest BCUT2D eigenvalue weighted by molar-refractivity contribution is 0.280. The van der Waals surface area contributed by atoms with E-state index in [0.717, 1.165) is 18.4 Å². The van der Waals surface area contributed by atoms with E-state index in [9.17, 15) is 0 Å². The molecule has 3 N–H and O–H groups in total. The second-order valence-electron chi connectivity index (χ2n) is 3.15. The van der Waals surface area contributed by atoms with E-state index in [0.29, 0.717) is 6.54 Å². The van der Waals surface area contributed by atoms with Crippen LogP contribution in [0, 0.1) is 0 Å². The maximum atomic E-state index is 9.12.